The van der Waals surface area contributed by atoms with Crippen LogP contribution in [0.5, 0.6) is 0 Å². The minimum Gasteiger partial charge on any atom is -0.348 e. The molecule has 3 rings (SSSR count). The maximum atomic E-state index is 4.64. The average Bonchev–Trinajstić information content (AvgIpc) is 3.11. The van der Waals surface area contributed by atoms with E-state index in [9.17, 15) is 0 Å². The van der Waals surface area contributed by atoms with E-state index >= 15 is 0 Å². The minimum absolute atomic E-state index is 0.396. The fraction of sp³-hybridized carbons (Fsp3) is 0.353. The molecule has 3 aromatic heterocycles. The lowest BCUT2D eigenvalue weighted by Gasteiger charge is -2.11. The smallest absolute Gasteiger partial charge is 0.137 e. The maximum Gasteiger partial charge on any atom is 0.137 e. The van der Waals surface area contributed by atoms with E-state index in [1.807, 2.05) is 24.4 Å². The Bertz CT molecular complexity index is 677. The van der Waals surface area contributed by atoms with E-state index in [0.29, 0.717) is 6.04 Å². The van der Waals surface area contributed by atoms with Crippen molar-refractivity contribution >= 4 is 5.65 Å². The first-order valence-corrected chi connectivity index (χ1v) is 7.58. The van der Waals surface area contributed by atoms with Gasteiger partial charge in [0.1, 0.15) is 5.65 Å². The SMILES string of the molecule is CCCNC(C)c1ccn(Cc2cn3ccccc3n2)c1. The molecule has 0 aliphatic rings. The second kappa shape index (κ2) is 6.14. The van der Waals surface area contributed by atoms with Crippen molar-refractivity contribution in [3.63, 3.8) is 0 Å². The molecule has 1 unspecified atom stereocenters. The number of rotatable bonds is 6. The summed E-state index contributed by atoms with van der Waals surface area (Å²) >= 11 is 0. The first-order valence-electron chi connectivity index (χ1n) is 7.58. The van der Waals surface area contributed by atoms with Gasteiger partial charge in [-0.1, -0.05) is 13.0 Å². The second-order valence-electron chi connectivity index (χ2n) is 5.49. The first-order chi connectivity index (χ1) is 10.3. The summed E-state index contributed by atoms with van der Waals surface area (Å²) < 4.78 is 4.26. The second-order valence-corrected chi connectivity index (χ2v) is 5.49. The molecule has 3 aromatic rings. The molecule has 0 aliphatic carbocycles. The normalized spacial score (nSPS) is 12.9. The van der Waals surface area contributed by atoms with Crippen molar-refractivity contribution in [3.05, 3.63) is 60.3 Å². The zero-order valence-electron chi connectivity index (χ0n) is 12.7. The Morgan fingerprint density at radius 2 is 2.10 bits per heavy atom. The molecule has 0 spiro atoms. The van der Waals surface area contributed by atoms with Crippen LogP contribution in [0.1, 0.15) is 37.6 Å². The molecule has 21 heavy (non-hydrogen) atoms. The van der Waals surface area contributed by atoms with Crippen LogP contribution in [-0.2, 0) is 6.54 Å². The van der Waals surface area contributed by atoms with E-state index in [-0.39, 0.29) is 0 Å². The van der Waals surface area contributed by atoms with Crippen molar-refractivity contribution in [2.24, 2.45) is 0 Å². The molecule has 4 heteroatoms. The molecular weight excluding hydrogens is 260 g/mol. The van der Waals surface area contributed by atoms with Crippen LogP contribution in [0.4, 0.5) is 0 Å². The largest absolute Gasteiger partial charge is 0.348 e. The Morgan fingerprint density at radius 1 is 1.19 bits per heavy atom. The highest BCUT2D eigenvalue weighted by atomic mass is 15.0. The lowest BCUT2D eigenvalue weighted by Crippen LogP contribution is -2.18. The highest BCUT2D eigenvalue weighted by Crippen LogP contribution is 2.14. The van der Waals surface area contributed by atoms with Crippen LogP contribution in [0.25, 0.3) is 5.65 Å². The summed E-state index contributed by atoms with van der Waals surface area (Å²) in [6, 6.07) is 8.64. The number of aromatic nitrogens is 3. The van der Waals surface area contributed by atoms with E-state index in [2.05, 4.69) is 57.8 Å². The molecule has 0 fully saturated rings. The summed E-state index contributed by atoms with van der Waals surface area (Å²) in [7, 11) is 0. The lowest BCUT2D eigenvalue weighted by molar-refractivity contribution is 0.569. The highest BCUT2D eigenvalue weighted by molar-refractivity contribution is 5.39. The summed E-state index contributed by atoms with van der Waals surface area (Å²) in [5, 5.41) is 3.51. The van der Waals surface area contributed by atoms with E-state index in [4.69, 9.17) is 0 Å². The fourth-order valence-corrected chi connectivity index (χ4v) is 2.54. The number of pyridine rings is 1. The van der Waals surface area contributed by atoms with Gasteiger partial charge >= 0.3 is 0 Å². The molecule has 0 aromatic carbocycles. The third-order valence-electron chi connectivity index (χ3n) is 3.73. The van der Waals surface area contributed by atoms with Gasteiger partial charge in [-0.3, -0.25) is 0 Å². The Labute approximate surface area is 125 Å². The number of imidazole rings is 1. The van der Waals surface area contributed by atoms with Crippen LogP contribution in [0.15, 0.2) is 49.1 Å². The van der Waals surface area contributed by atoms with Crippen LogP contribution in [0.3, 0.4) is 0 Å². The average molecular weight is 282 g/mol. The Hall–Kier alpha value is -2.07. The maximum absolute atomic E-state index is 4.64. The monoisotopic (exact) mass is 282 g/mol. The quantitative estimate of drug-likeness (QED) is 0.753. The van der Waals surface area contributed by atoms with Crippen LogP contribution in [0.2, 0.25) is 0 Å². The van der Waals surface area contributed by atoms with Crippen LogP contribution >= 0.6 is 0 Å². The number of fused-ring (bicyclic) bond motifs is 1. The van der Waals surface area contributed by atoms with Crippen molar-refractivity contribution in [2.45, 2.75) is 32.9 Å². The molecule has 0 saturated heterocycles. The van der Waals surface area contributed by atoms with Gasteiger partial charge in [0.05, 0.1) is 12.2 Å². The number of hydrogen-bond acceptors (Lipinski definition) is 2. The van der Waals surface area contributed by atoms with Crippen molar-refractivity contribution in [2.75, 3.05) is 6.54 Å². The molecule has 3 heterocycles. The van der Waals surface area contributed by atoms with Crippen molar-refractivity contribution in [1.29, 1.82) is 0 Å². The van der Waals surface area contributed by atoms with E-state index in [1.54, 1.807) is 0 Å². The Morgan fingerprint density at radius 3 is 2.90 bits per heavy atom. The summed E-state index contributed by atoms with van der Waals surface area (Å²) in [6.07, 6.45) is 9.62. The van der Waals surface area contributed by atoms with E-state index in [1.165, 1.54) is 5.56 Å². The van der Waals surface area contributed by atoms with Gasteiger partial charge in [-0.15, -0.1) is 0 Å². The summed E-state index contributed by atoms with van der Waals surface area (Å²) in [5.41, 5.74) is 3.41. The standard InChI is InChI=1S/C17H22N4/c1-3-8-18-14(2)15-7-10-20(11-15)12-16-13-21-9-5-4-6-17(21)19-16/h4-7,9-11,13-14,18H,3,8,12H2,1-2H3. The molecule has 110 valence electrons. The Balaban J connectivity index is 1.71. The molecule has 1 atom stereocenters. The van der Waals surface area contributed by atoms with Crippen LogP contribution < -0.4 is 5.32 Å². The lowest BCUT2D eigenvalue weighted by atomic mass is 10.2. The number of nitrogens with one attached hydrogen (secondary N) is 1. The van der Waals surface area contributed by atoms with Gasteiger partial charge in [0.15, 0.2) is 0 Å². The van der Waals surface area contributed by atoms with Gasteiger partial charge < -0.3 is 14.3 Å². The van der Waals surface area contributed by atoms with Gasteiger partial charge in [-0.05, 0) is 43.7 Å². The predicted octanol–water partition coefficient (Wildman–Crippen LogP) is 3.24. The van der Waals surface area contributed by atoms with Crippen LogP contribution in [-0.4, -0.2) is 20.5 Å². The van der Waals surface area contributed by atoms with Gasteiger partial charge in [-0.25, -0.2) is 4.98 Å². The van der Waals surface area contributed by atoms with Crippen molar-refractivity contribution in [1.82, 2.24) is 19.3 Å². The third kappa shape index (κ3) is 3.16. The van der Waals surface area contributed by atoms with E-state index < -0.39 is 0 Å². The van der Waals surface area contributed by atoms with Gasteiger partial charge in [0, 0.05) is 30.8 Å². The zero-order chi connectivity index (χ0) is 14.7. The number of hydrogen-bond donors (Lipinski definition) is 1. The third-order valence-corrected chi connectivity index (χ3v) is 3.73. The van der Waals surface area contributed by atoms with Crippen molar-refractivity contribution < 1.29 is 0 Å². The van der Waals surface area contributed by atoms with Gasteiger partial charge in [-0.2, -0.15) is 0 Å². The molecule has 0 bridgehead atoms. The molecule has 4 nitrogen and oxygen atoms in total. The topological polar surface area (TPSA) is 34.3 Å². The first kappa shape index (κ1) is 13.9. The zero-order valence-corrected chi connectivity index (χ0v) is 12.7. The fourth-order valence-electron chi connectivity index (χ4n) is 2.54. The molecule has 1 N–H and O–H groups in total. The van der Waals surface area contributed by atoms with Crippen LogP contribution in [0, 0.1) is 0 Å². The number of nitrogens with zero attached hydrogens (tertiary/aromatic N) is 3. The van der Waals surface area contributed by atoms with Gasteiger partial charge in [0.25, 0.3) is 0 Å². The molecule has 0 amide bonds. The predicted molar refractivity (Wildman–Crippen MR) is 85.4 cm³/mol. The summed E-state index contributed by atoms with van der Waals surface area (Å²) in [5.74, 6) is 0. The van der Waals surface area contributed by atoms with Crippen molar-refractivity contribution in [3.8, 4) is 0 Å². The highest BCUT2D eigenvalue weighted by Gasteiger charge is 2.07. The molecule has 0 saturated carbocycles. The summed E-state index contributed by atoms with van der Waals surface area (Å²) in [6.45, 7) is 6.26. The molecular formula is C17H22N4. The molecule has 0 aliphatic heterocycles. The Kier molecular flexibility index (Phi) is 4.06. The van der Waals surface area contributed by atoms with Gasteiger partial charge in [0.2, 0.25) is 0 Å². The molecule has 0 radical (unpaired) electrons. The minimum atomic E-state index is 0.396. The van der Waals surface area contributed by atoms with E-state index in [0.717, 1.165) is 30.9 Å². The summed E-state index contributed by atoms with van der Waals surface area (Å²) in [4.78, 5) is 4.64.